The molecule has 14 heavy (non-hydrogen) atoms. The molecule has 0 atom stereocenters. The number of halogens is 2. The molecule has 0 aliphatic rings. The van der Waals surface area contributed by atoms with E-state index >= 15 is 0 Å². The first kappa shape index (κ1) is 9.87. The summed E-state index contributed by atoms with van der Waals surface area (Å²) in [6.45, 7) is 2.06. The molecular weight excluding hydrogens is 263 g/mol. The van der Waals surface area contributed by atoms with Gasteiger partial charge in [0, 0.05) is 9.86 Å². The largest absolute Gasteiger partial charge is 0.223 e. The SMILES string of the molecule is CCc1nc(Cl)nc2cc(Br)ccc12. The van der Waals surface area contributed by atoms with E-state index < -0.39 is 0 Å². The molecule has 0 saturated heterocycles. The molecule has 2 aromatic rings. The van der Waals surface area contributed by atoms with Crippen LogP contribution in [0.25, 0.3) is 10.9 Å². The fourth-order valence-electron chi connectivity index (χ4n) is 1.41. The van der Waals surface area contributed by atoms with Gasteiger partial charge in [0.05, 0.1) is 11.2 Å². The predicted octanol–water partition coefficient (Wildman–Crippen LogP) is 3.61. The summed E-state index contributed by atoms with van der Waals surface area (Å²) in [5, 5.41) is 1.38. The fourth-order valence-corrected chi connectivity index (χ4v) is 1.95. The Balaban J connectivity index is 2.81. The van der Waals surface area contributed by atoms with E-state index in [1.807, 2.05) is 18.2 Å². The van der Waals surface area contributed by atoms with Crippen LogP contribution in [0.2, 0.25) is 5.28 Å². The molecule has 0 spiro atoms. The Kier molecular flexibility index (Phi) is 2.70. The molecule has 4 heteroatoms. The second-order valence-corrected chi connectivity index (χ2v) is 4.21. The molecule has 0 radical (unpaired) electrons. The number of aromatic nitrogens is 2. The van der Waals surface area contributed by atoms with Crippen molar-refractivity contribution in [3.63, 3.8) is 0 Å². The summed E-state index contributed by atoms with van der Waals surface area (Å²) in [4.78, 5) is 8.36. The van der Waals surface area contributed by atoms with Crippen LogP contribution in [0.4, 0.5) is 0 Å². The highest BCUT2D eigenvalue weighted by Crippen LogP contribution is 2.22. The maximum atomic E-state index is 5.82. The van der Waals surface area contributed by atoms with Crippen LogP contribution in [0.5, 0.6) is 0 Å². The zero-order valence-electron chi connectivity index (χ0n) is 7.59. The minimum Gasteiger partial charge on any atom is -0.222 e. The van der Waals surface area contributed by atoms with Crippen LogP contribution < -0.4 is 0 Å². The van der Waals surface area contributed by atoms with E-state index in [4.69, 9.17) is 11.6 Å². The van der Waals surface area contributed by atoms with Crippen LogP contribution in [0.15, 0.2) is 22.7 Å². The summed E-state index contributed by atoms with van der Waals surface area (Å²) in [7, 11) is 0. The van der Waals surface area contributed by atoms with Crippen LogP contribution in [0.1, 0.15) is 12.6 Å². The van der Waals surface area contributed by atoms with Crippen LogP contribution in [0.3, 0.4) is 0 Å². The first-order valence-electron chi connectivity index (χ1n) is 4.32. The smallest absolute Gasteiger partial charge is 0.222 e. The van der Waals surface area contributed by atoms with Crippen LogP contribution in [-0.4, -0.2) is 9.97 Å². The number of nitrogens with zero attached hydrogens (tertiary/aromatic N) is 2. The van der Waals surface area contributed by atoms with Crippen molar-refractivity contribution in [2.75, 3.05) is 0 Å². The normalized spacial score (nSPS) is 10.8. The van der Waals surface area contributed by atoms with Crippen LogP contribution in [0, 0.1) is 0 Å². The van der Waals surface area contributed by atoms with E-state index in [9.17, 15) is 0 Å². The zero-order chi connectivity index (χ0) is 10.1. The molecule has 0 unspecified atom stereocenters. The molecule has 0 saturated carbocycles. The summed E-state index contributed by atoms with van der Waals surface area (Å²) in [6.07, 6.45) is 0.861. The highest BCUT2D eigenvalue weighted by molar-refractivity contribution is 9.10. The number of hydrogen-bond acceptors (Lipinski definition) is 2. The molecule has 1 aromatic heterocycles. The Hall–Kier alpha value is -0.670. The van der Waals surface area contributed by atoms with E-state index in [2.05, 4.69) is 32.8 Å². The van der Waals surface area contributed by atoms with Gasteiger partial charge >= 0.3 is 0 Å². The van der Waals surface area contributed by atoms with E-state index in [1.54, 1.807) is 0 Å². The van der Waals surface area contributed by atoms with Crippen LogP contribution in [-0.2, 0) is 6.42 Å². The minimum absolute atomic E-state index is 0.312. The lowest BCUT2D eigenvalue weighted by Gasteiger charge is -2.03. The molecule has 72 valence electrons. The number of rotatable bonds is 1. The van der Waals surface area contributed by atoms with Crippen molar-refractivity contribution in [3.05, 3.63) is 33.6 Å². The van der Waals surface area contributed by atoms with Crippen molar-refractivity contribution in [1.29, 1.82) is 0 Å². The average Bonchev–Trinajstić information content (AvgIpc) is 2.15. The highest BCUT2D eigenvalue weighted by atomic mass is 79.9. The van der Waals surface area contributed by atoms with Gasteiger partial charge in [-0.3, -0.25) is 0 Å². The van der Waals surface area contributed by atoms with E-state index in [-0.39, 0.29) is 0 Å². The quantitative estimate of drug-likeness (QED) is 0.741. The molecular formula is C10H8BrClN2. The third-order valence-electron chi connectivity index (χ3n) is 2.05. The molecule has 0 N–H and O–H groups in total. The van der Waals surface area contributed by atoms with Crippen molar-refractivity contribution in [2.45, 2.75) is 13.3 Å². The molecule has 0 aliphatic carbocycles. The molecule has 0 bridgehead atoms. The topological polar surface area (TPSA) is 25.8 Å². The molecule has 0 amide bonds. The lowest BCUT2D eigenvalue weighted by atomic mass is 10.1. The van der Waals surface area contributed by atoms with E-state index in [1.165, 1.54) is 0 Å². The third-order valence-corrected chi connectivity index (χ3v) is 2.71. The second kappa shape index (κ2) is 3.83. The van der Waals surface area contributed by atoms with Gasteiger partial charge in [0.15, 0.2) is 0 Å². The van der Waals surface area contributed by atoms with Gasteiger partial charge < -0.3 is 0 Å². The van der Waals surface area contributed by atoms with Gasteiger partial charge in [-0.15, -0.1) is 0 Å². The van der Waals surface area contributed by atoms with Gasteiger partial charge in [0.25, 0.3) is 0 Å². The molecule has 1 heterocycles. The van der Waals surface area contributed by atoms with Crippen molar-refractivity contribution in [3.8, 4) is 0 Å². The molecule has 2 rings (SSSR count). The number of benzene rings is 1. The summed E-state index contributed by atoms with van der Waals surface area (Å²) in [5.41, 5.74) is 1.88. The Morgan fingerprint density at radius 3 is 2.86 bits per heavy atom. The molecule has 0 aliphatic heterocycles. The Morgan fingerprint density at radius 2 is 2.14 bits per heavy atom. The monoisotopic (exact) mass is 270 g/mol. The van der Waals surface area contributed by atoms with Gasteiger partial charge in [-0.05, 0) is 36.2 Å². The second-order valence-electron chi connectivity index (χ2n) is 2.95. The summed E-state index contributed by atoms with van der Waals surface area (Å²) in [6, 6.07) is 5.94. The van der Waals surface area contributed by atoms with Gasteiger partial charge in [-0.1, -0.05) is 22.9 Å². The maximum absolute atomic E-state index is 5.82. The average molecular weight is 272 g/mol. The van der Waals surface area contributed by atoms with Gasteiger partial charge in [-0.2, -0.15) is 0 Å². The van der Waals surface area contributed by atoms with Crippen molar-refractivity contribution < 1.29 is 0 Å². The molecule has 0 fully saturated rings. The summed E-state index contributed by atoms with van der Waals surface area (Å²) >= 11 is 9.22. The summed E-state index contributed by atoms with van der Waals surface area (Å²) in [5.74, 6) is 0. The van der Waals surface area contributed by atoms with Crippen molar-refractivity contribution in [1.82, 2.24) is 9.97 Å². The van der Waals surface area contributed by atoms with E-state index in [0.29, 0.717) is 5.28 Å². The first-order chi connectivity index (χ1) is 6.70. The van der Waals surface area contributed by atoms with Gasteiger partial charge in [-0.25, -0.2) is 9.97 Å². The number of fused-ring (bicyclic) bond motifs is 1. The third kappa shape index (κ3) is 1.74. The zero-order valence-corrected chi connectivity index (χ0v) is 9.93. The van der Waals surface area contributed by atoms with Gasteiger partial charge in [0.1, 0.15) is 0 Å². The summed E-state index contributed by atoms with van der Waals surface area (Å²) < 4.78 is 1.00. The predicted molar refractivity (Wildman–Crippen MR) is 61.6 cm³/mol. The Morgan fingerprint density at radius 1 is 1.36 bits per heavy atom. The van der Waals surface area contributed by atoms with Gasteiger partial charge in [0.2, 0.25) is 5.28 Å². The number of hydrogen-bond donors (Lipinski definition) is 0. The standard InChI is InChI=1S/C10H8BrClN2/c1-2-8-7-4-3-6(11)5-9(7)14-10(12)13-8/h3-5H,2H2,1H3. The minimum atomic E-state index is 0.312. The molecule has 2 nitrogen and oxygen atoms in total. The van der Waals surface area contributed by atoms with Crippen molar-refractivity contribution >= 4 is 38.4 Å². The fraction of sp³-hybridized carbons (Fsp3) is 0.200. The Labute approximate surface area is 95.5 Å². The lowest BCUT2D eigenvalue weighted by Crippen LogP contribution is -1.93. The lowest BCUT2D eigenvalue weighted by molar-refractivity contribution is 1.03. The van der Waals surface area contributed by atoms with Crippen molar-refractivity contribution in [2.24, 2.45) is 0 Å². The maximum Gasteiger partial charge on any atom is 0.223 e. The highest BCUT2D eigenvalue weighted by Gasteiger charge is 2.04. The Bertz CT molecular complexity index is 480. The van der Waals surface area contributed by atoms with Crippen LogP contribution >= 0.6 is 27.5 Å². The first-order valence-corrected chi connectivity index (χ1v) is 5.49. The molecule has 1 aromatic carbocycles. The van der Waals surface area contributed by atoms with E-state index in [0.717, 1.165) is 27.5 Å². The number of aryl methyl sites for hydroxylation is 1.